The maximum atomic E-state index is 11.6. The summed E-state index contributed by atoms with van der Waals surface area (Å²) in [6.07, 6.45) is 2.98. The van der Waals surface area contributed by atoms with Crippen molar-refractivity contribution in [3.63, 3.8) is 0 Å². The fraction of sp³-hybridized carbons (Fsp3) is 0.143. The van der Waals surface area contributed by atoms with Crippen LogP contribution in [0.3, 0.4) is 0 Å². The summed E-state index contributed by atoms with van der Waals surface area (Å²) >= 11 is 12.1. The fourth-order valence-corrected chi connectivity index (χ4v) is 3.12. The van der Waals surface area contributed by atoms with Gasteiger partial charge in [-0.2, -0.15) is 0 Å². The molecule has 0 saturated carbocycles. The summed E-state index contributed by atoms with van der Waals surface area (Å²) in [6, 6.07) is 4.46. The van der Waals surface area contributed by atoms with E-state index in [1.54, 1.807) is 19.1 Å². The summed E-state index contributed by atoms with van der Waals surface area (Å²) in [7, 11) is 0. The lowest BCUT2D eigenvalue weighted by atomic mass is 10.2. The molecule has 0 radical (unpaired) electrons. The molecule has 1 N–H and O–H groups in total. The van der Waals surface area contributed by atoms with Crippen molar-refractivity contribution in [3.8, 4) is 0 Å². The second kappa shape index (κ2) is 7.49. The number of ether oxygens (including phenoxy) is 1. The summed E-state index contributed by atoms with van der Waals surface area (Å²) in [6.45, 7) is 1.98. The minimum atomic E-state index is -0.551. The molecule has 1 heterocycles. The topological polar surface area (TPSA) is 85.2 Å². The molecule has 120 valence electrons. The number of nitro benzene ring substituents is 1. The number of carbonyl (C=O) groups excluding carboxylic acids is 1. The molecular formula is C14H11ClN2O4S2. The highest BCUT2D eigenvalue weighted by molar-refractivity contribution is 7.73. The molecule has 0 saturated heterocycles. The van der Waals surface area contributed by atoms with Crippen LogP contribution in [0.1, 0.15) is 12.5 Å². The van der Waals surface area contributed by atoms with Crippen LogP contribution in [0.2, 0.25) is 5.02 Å². The molecule has 2 rings (SSSR count). The van der Waals surface area contributed by atoms with E-state index in [4.69, 9.17) is 28.6 Å². The Morgan fingerprint density at radius 2 is 2.30 bits per heavy atom. The van der Waals surface area contributed by atoms with E-state index in [-0.39, 0.29) is 17.3 Å². The number of benzene rings is 1. The third-order valence-corrected chi connectivity index (χ3v) is 4.24. The molecule has 0 aliphatic rings. The first-order valence-electron chi connectivity index (χ1n) is 6.44. The number of thiazole rings is 1. The highest BCUT2D eigenvalue weighted by atomic mass is 35.5. The highest BCUT2D eigenvalue weighted by Crippen LogP contribution is 2.25. The molecule has 1 aromatic carbocycles. The fourth-order valence-electron chi connectivity index (χ4n) is 1.78. The van der Waals surface area contributed by atoms with Crippen LogP contribution in [0.5, 0.6) is 0 Å². The largest absolute Gasteiger partial charge is 0.463 e. The molecule has 0 fully saturated rings. The summed E-state index contributed by atoms with van der Waals surface area (Å²) in [5.41, 5.74) is 0.389. The number of hydrogen-bond acceptors (Lipinski definition) is 6. The number of aromatic amines is 1. The monoisotopic (exact) mass is 370 g/mol. The Bertz CT molecular complexity index is 933. The lowest BCUT2D eigenvalue weighted by Crippen LogP contribution is -2.23. The molecule has 0 atom stereocenters. The van der Waals surface area contributed by atoms with Crippen molar-refractivity contribution in [2.24, 2.45) is 0 Å². The Morgan fingerprint density at radius 1 is 1.57 bits per heavy atom. The van der Waals surface area contributed by atoms with Gasteiger partial charge in [0.2, 0.25) is 0 Å². The van der Waals surface area contributed by atoms with Crippen molar-refractivity contribution >= 4 is 59.0 Å². The van der Waals surface area contributed by atoms with E-state index in [0.29, 0.717) is 19.4 Å². The summed E-state index contributed by atoms with van der Waals surface area (Å²) in [5, 5.41) is 11.5. The van der Waals surface area contributed by atoms with Crippen LogP contribution in [-0.4, -0.2) is 22.5 Å². The standard InChI is InChI=1S/C14H11ClN2O4S2/c1-2-21-13(18)7-10-12(23-14(22)16-10)6-8-3-4-9(15)11(5-8)17(19)20/h3-7H,2H2,1H3,(H,16,22)/b10-7-,12-6-. The summed E-state index contributed by atoms with van der Waals surface area (Å²) in [4.78, 5) is 24.8. The maximum absolute atomic E-state index is 11.6. The van der Waals surface area contributed by atoms with E-state index < -0.39 is 10.9 Å². The number of carbonyl (C=O) groups is 1. The zero-order valence-electron chi connectivity index (χ0n) is 11.9. The van der Waals surface area contributed by atoms with Gasteiger partial charge < -0.3 is 9.72 Å². The van der Waals surface area contributed by atoms with E-state index in [9.17, 15) is 14.9 Å². The van der Waals surface area contributed by atoms with E-state index in [0.717, 1.165) is 0 Å². The van der Waals surface area contributed by atoms with Crippen LogP contribution < -0.4 is 9.88 Å². The molecule has 9 heteroatoms. The van der Waals surface area contributed by atoms with Gasteiger partial charge in [0.15, 0.2) is 3.95 Å². The average molecular weight is 371 g/mol. The SMILES string of the molecule is CCOC(=O)/C=c1\[nH]c(=S)s\c1=C/c1ccc(Cl)c([N+](=O)[O-])c1. The minimum Gasteiger partial charge on any atom is -0.463 e. The van der Waals surface area contributed by atoms with Crippen molar-refractivity contribution in [1.29, 1.82) is 0 Å². The number of nitrogens with zero attached hydrogens (tertiary/aromatic N) is 1. The van der Waals surface area contributed by atoms with Crippen molar-refractivity contribution in [2.75, 3.05) is 6.61 Å². The van der Waals surface area contributed by atoms with Crippen molar-refractivity contribution in [3.05, 3.63) is 52.7 Å². The number of nitro groups is 1. The van der Waals surface area contributed by atoms with E-state index in [2.05, 4.69) is 4.98 Å². The maximum Gasteiger partial charge on any atom is 0.332 e. The molecule has 0 spiro atoms. The van der Waals surface area contributed by atoms with Crippen molar-refractivity contribution in [2.45, 2.75) is 6.92 Å². The van der Waals surface area contributed by atoms with Gasteiger partial charge in [0, 0.05) is 12.1 Å². The molecule has 0 unspecified atom stereocenters. The lowest BCUT2D eigenvalue weighted by molar-refractivity contribution is -0.384. The first-order valence-corrected chi connectivity index (χ1v) is 8.04. The second-order valence-corrected chi connectivity index (χ2v) is 6.43. The van der Waals surface area contributed by atoms with E-state index in [1.807, 2.05) is 0 Å². The van der Waals surface area contributed by atoms with Crippen LogP contribution in [0.25, 0.3) is 12.2 Å². The molecule has 1 aromatic heterocycles. The van der Waals surface area contributed by atoms with Gasteiger partial charge in [0.1, 0.15) is 5.02 Å². The normalized spacial score (nSPS) is 12.4. The molecular weight excluding hydrogens is 360 g/mol. The number of aromatic nitrogens is 1. The second-order valence-electron chi connectivity index (χ2n) is 4.30. The van der Waals surface area contributed by atoms with Crippen LogP contribution in [0.4, 0.5) is 5.69 Å². The Hall–Kier alpha value is -2.03. The predicted molar refractivity (Wildman–Crippen MR) is 91.5 cm³/mol. The Labute approximate surface area is 144 Å². The molecule has 2 aromatic rings. The van der Waals surface area contributed by atoms with Crippen LogP contribution in [0.15, 0.2) is 18.2 Å². The van der Waals surface area contributed by atoms with Crippen LogP contribution in [0, 0.1) is 14.1 Å². The van der Waals surface area contributed by atoms with Crippen LogP contribution in [-0.2, 0) is 9.53 Å². The first-order chi connectivity index (χ1) is 10.9. The van der Waals surface area contributed by atoms with Gasteiger partial charge >= 0.3 is 5.97 Å². The lowest BCUT2D eigenvalue weighted by Gasteiger charge is -1.97. The average Bonchev–Trinajstić information content (AvgIpc) is 2.80. The Morgan fingerprint density at radius 3 is 2.96 bits per heavy atom. The number of halogens is 1. The number of hydrogen-bond donors (Lipinski definition) is 1. The summed E-state index contributed by atoms with van der Waals surface area (Å²) < 4.78 is 6.01. The van der Waals surface area contributed by atoms with Crippen LogP contribution >= 0.6 is 35.2 Å². The van der Waals surface area contributed by atoms with Gasteiger partial charge in [-0.25, -0.2) is 4.79 Å². The molecule has 0 bridgehead atoms. The predicted octanol–water partition coefficient (Wildman–Crippen LogP) is 2.54. The third kappa shape index (κ3) is 4.47. The van der Waals surface area contributed by atoms with Gasteiger partial charge in [0.05, 0.1) is 21.4 Å². The van der Waals surface area contributed by atoms with Gasteiger partial charge in [-0.05, 0) is 36.8 Å². The number of nitrogens with one attached hydrogen (secondary N) is 1. The van der Waals surface area contributed by atoms with E-state index in [1.165, 1.54) is 29.5 Å². The molecule has 0 amide bonds. The van der Waals surface area contributed by atoms with Crippen molar-refractivity contribution < 1.29 is 14.5 Å². The van der Waals surface area contributed by atoms with Gasteiger partial charge in [-0.3, -0.25) is 10.1 Å². The van der Waals surface area contributed by atoms with E-state index >= 15 is 0 Å². The van der Waals surface area contributed by atoms with Gasteiger partial charge in [-0.15, -0.1) is 11.3 Å². The molecule has 0 aliphatic heterocycles. The quantitative estimate of drug-likeness (QED) is 0.387. The Balaban J connectivity index is 2.57. The zero-order chi connectivity index (χ0) is 17.0. The minimum absolute atomic E-state index is 0.0622. The number of rotatable bonds is 4. The Kier molecular flexibility index (Phi) is 5.64. The number of esters is 1. The first kappa shape index (κ1) is 17.3. The molecule has 6 nitrogen and oxygen atoms in total. The zero-order valence-corrected chi connectivity index (χ0v) is 14.3. The summed E-state index contributed by atoms with van der Waals surface area (Å²) in [5.74, 6) is -0.492. The van der Waals surface area contributed by atoms with Crippen molar-refractivity contribution in [1.82, 2.24) is 4.98 Å². The molecule has 23 heavy (non-hydrogen) atoms. The molecule has 0 aliphatic carbocycles. The van der Waals surface area contributed by atoms with Gasteiger partial charge in [0.25, 0.3) is 5.69 Å². The smallest absolute Gasteiger partial charge is 0.332 e. The number of H-pyrrole nitrogens is 1. The third-order valence-electron chi connectivity index (χ3n) is 2.72. The van der Waals surface area contributed by atoms with Gasteiger partial charge in [-0.1, -0.05) is 17.7 Å². The highest BCUT2D eigenvalue weighted by Gasteiger charge is 2.11.